The number of urea groups is 1. The number of benzene rings is 1. The van der Waals surface area contributed by atoms with Gasteiger partial charge in [-0.3, -0.25) is 0 Å². The number of carbonyl (C=O) groups excluding carboxylic acids is 1. The third-order valence-electron chi connectivity index (χ3n) is 5.21. The van der Waals surface area contributed by atoms with Gasteiger partial charge in [0.15, 0.2) is 0 Å². The van der Waals surface area contributed by atoms with E-state index in [2.05, 4.69) is 60.6 Å². The predicted molar refractivity (Wildman–Crippen MR) is 125 cm³/mol. The summed E-state index contributed by atoms with van der Waals surface area (Å²) in [5.74, 6) is 1.55. The lowest BCUT2D eigenvalue weighted by atomic mass is 9.91. The van der Waals surface area contributed by atoms with Crippen LogP contribution in [-0.2, 0) is 0 Å². The maximum absolute atomic E-state index is 12.4. The topological polar surface area (TPSA) is 82.2 Å². The van der Waals surface area contributed by atoms with E-state index < -0.39 is 0 Å². The molecule has 1 atom stereocenters. The quantitative estimate of drug-likeness (QED) is 0.516. The third-order valence-corrected chi connectivity index (χ3v) is 6.20. The van der Waals surface area contributed by atoms with Crippen molar-refractivity contribution in [3.8, 4) is 0 Å². The lowest BCUT2D eigenvalue weighted by Gasteiger charge is -2.30. The third kappa shape index (κ3) is 6.19. The van der Waals surface area contributed by atoms with Gasteiger partial charge in [-0.1, -0.05) is 18.2 Å². The molecule has 8 heteroatoms. The highest BCUT2D eigenvalue weighted by atomic mass is 127. The highest BCUT2D eigenvalue weighted by Crippen LogP contribution is 2.22. The molecule has 3 rings (SSSR count). The molecule has 2 amide bonds. The second-order valence-electron chi connectivity index (χ2n) is 7.69. The van der Waals surface area contributed by atoms with Gasteiger partial charge in [-0.05, 0) is 72.9 Å². The first-order chi connectivity index (χ1) is 13.9. The van der Waals surface area contributed by atoms with Crippen LogP contribution in [0.4, 0.5) is 16.6 Å². The van der Waals surface area contributed by atoms with Gasteiger partial charge in [-0.2, -0.15) is 4.98 Å². The van der Waals surface area contributed by atoms with Crippen molar-refractivity contribution in [2.75, 3.05) is 24.3 Å². The average Bonchev–Trinajstić information content (AvgIpc) is 2.70. The fourth-order valence-corrected chi connectivity index (χ4v) is 4.41. The van der Waals surface area contributed by atoms with Gasteiger partial charge in [-0.25, -0.2) is 9.78 Å². The summed E-state index contributed by atoms with van der Waals surface area (Å²) in [6, 6.07) is 10.4. The highest BCUT2D eigenvalue weighted by Gasteiger charge is 2.23. The van der Waals surface area contributed by atoms with Gasteiger partial charge in [0, 0.05) is 35.9 Å². The van der Waals surface area contributed by atoms with Crippen molar-refractivity contribution in [1.82, 2.24) is 20.6 Å². The van der Waals surface area contributed by atoms with Gasteiger partial charge < -0.3 is 20.9 Å². The molecule has 1 saturated carbocycles. The molecule has 0 aliphatic heterocycles. The zero-order chi connectivity index (χ0) is 20.8. The largest absolute Gasteiger partial charge is 0.363 e. The number of nitrogens with one attached hydrogen (secondary N) is 3. The van der Waals surface area contributed by atoms with Crippen molar-refractivity contribution in [3.05, 3.63) is 45.7 Å². The molecule has 1 unspecified atom stereocenters. The minimum Gasteiger partial charge on any atom is -0.363 e. The Hall–Kier alpha value is -2.10. The van der Waals surface area contributed by atoms with E-state index in [-0.39, 0.29) is 18.1 Å². The van der Waals surface area contributed by atoms with Crippen molar-refractivity contribution in [3.63, 3.8) is 0 Å². The summed E-state index contributed by atoms with van der Waals surface area (Å²) in [5, 5.41) is 9.62. The monoisotopic (exact) mass is 508 g/mol. The summed E-state index contributed by atoms with van der Waals surface area (Å²) in [5.41, 5.74) is 1.14. The molecule has 156 valence electrons. The maximum atomic E-state index is 12.4. The molecule has 1 aliphatic rings. The van der Waals surface area contributed by atoms with E-state index >= 15 is 0 Å². The van der Waals surface area contributed by atoms with Crippen LogP contribution in [0.25, 0.3) is 0 Å². The van der Waals surface area contributed by atoms with Gasteiger partial charge in [-0.15, -0.1) is 0 Å². The summed E-state index contributed by atoms with van der Waals surface area (Å²) < 4.78 is 1.16. The zero-order valence-corrected chi connectivity index (χ0v) is 19.3. The van der Waals surface area contributed by atoms with Crippen molar-refractivity contribution < 1.29 is 4.79 Å². The van der Waals surface area contributed by atoms with Gasteiger partial charge in [0.2, 0.25) is 5.95 Å². The summed E-state index contributed by atoms with van der Waals surface area (Å²) >= 11 is 2.30. The Labute approximate surface area is 186 Å². The lowest BCUT2D eigenvalue weighted by Crippen LogP contribution is -2.45. The molecule has 7 nitrogen and oxygen atoms in total. The summed E-state index contributed by atoms with van der Waals surface area (Å²) in [7, 11) is 3.93. The molecule has 3 N–H and O–H groups in total. The fourth-order valence-electron chi connectivity index (χ4n) is 3.56. The Morgan fingerprint density at radius 1 is 1.14 bits per heavy atom. The molecule has 1 heterocycles. The number of anilines is 2. The first kappa shape index (κ1) is 21.6. The zero-order valence-electron chi connectivity index (χ0n) is 17.2. The molecule has 1 fully saturated rings. The van der Waals surface area contributed by atoms with Crippen LogP contribution in [0, 0.1) is 3.57 Å². The van der Waals surface area contributed by atoms with Crippen LogP contribution in [-0.4, -0.2) is 42.2 Å². The normalized spacial score (nSPS) is 19.9. The van der Waals surface area contributed by atoms with Crippen LogP contribution in [0.3, 0.4) is 0 Å². The molecular formula is C21H29IN6O. The van der Waals surface area contributed by atoms with Crippen molar-refractivity contribution >= 4 is 40.4 Å². The van der Waals surface area contributed by atoms with E-state index in [1.807, 2.05) is 44.1 Å². The van der Waals surface area contributed by atoms with Gasteiger partial charge in [0.05, 0.1) is 6.04 Å². The molecule has 0 radical (unpaired) electrons. The summed E-state index contributed by atoms with van der Waals surface area (Å²) in [6.45, 7) is 2.01. The minimum atomic E-state index is -0.101. The SMILES string of the molecule is CC(NC(=O)NC1CCC(Nc2nccc(N(C)C)n2)CC1)c1ccccc1I. The maximum Gasteiger partial charge on any atom is 0.315 e. The molecule has 0 saturated heterocycles. The molecular weight excluding hydrogens is 479 g/mol. The van der Waals surface area contributed by atoms with E-state index in [1.54, 1.807) is 6.20 Å². The van der Waals surface area contributed by atoms with Gasteiger partial charge in [0.25, 0.3) is 0 Å². The molecule has 1 aromatic heterocycles. The Balaban J connectivity index is 1.44. The highest BCUT2D eigenvalue weighted by molar-refractivity contribution is 14.1. The Bertz CT molecular complexity index is 822. The number of nitrogens with zero attached hydrogens (tertiary/aromatic N) is 3. The number of amides is 2. The van der Waals surface area contributed by atoms with Crippen molar-refractivity contribution in [2.45, 2.75) is 50.7 Å². The fraction of sp³-hybridized carbons (Fsp3) is 0.476. The van der Waals surface area contributed by atoms with Crippen LogP contribution in [0.15, 0.2) is 36.5 Å². The Morgan fingerprint density at radius 2 is 1.83 bits per heavy atom. The van der Waals surface area contributed by atoms with Crippen LogP contribution in [0.1, 0.15) is 44.2 Å². The minimum absolute atomic E-state index is 0.0257. The van der Waals surface area contributed by atoms with Crippen molar-refractivity contribution in [1.29, 1.82) is 0 Å². The average molecular weight is 508 g/mol. The molecule has 1 aliphatic carbocycles. The molecule has 0 bridgehead atoms. The Morgan fingerprint density at radius 3 is 2.52 bits per heavy atom. The molecule has 2 aromatic rings. The van der Waals surface area contributed by atoms with Crippen molar-refractivity contribution in [2.24, 2.45) is 0 Å². The summed E-state index contributed by atoms with van der Waals surface area (Å²) in [6.07, 6.45) is 5.61. The van der Waals surface area contributed by atoms with Crippen LogP contribution < -0.4 is 20.9 Å². The second kappa shape index (κ2) is 10.1. The first-order valence-corrected chi connectivity index (χ1v) is 11.1. The van der Waals surface area contributed by atoms with E-state index in [9.17, 15) is 4.79 Å². The standard InChI is InChI=1S/C21H29IN6O/c1-14(17-6-4-5-7-18(17)22)24-21(29)26-16-10-8-15(9-11-16)25-20-23-13-12-19(27-20)28(2)3/h4-7,12-16H,8-11H2,1-3H3,(H,23,25,27)(H2,24,26,29). The first-order valence-electron chi connectivity index (χ1n) is 10.0. The van der Waals surface area contributed by atoms with Crippen LogP contribution >= 0.6 is 22.6 Å². The number of halogens is 1. The van der Waals surface area contributed by atoms with Gasteiger partial charge in [0.1, 0.15) is 5.82 Å². The van der Waals surface area contributed by atoms with Crippen LogP contribution in [0.5, 0.6) is 0 Å². The lowest BCUT2D eigenvalue weighted by molar-refractivity contribution is 0.229. The van der Waals surface area contributed by atoms with E-state index in [0.29, 0.717) is 12.0 Å². The smallest absolute Gasteiger partial charge is 0.315 e. The second-order valence-corrected chi connectivity index (χ2v) is 8.85. The van der Waals surface area contributed by atoms with E-state index in [0.717, 1.165) is 40.6 Å². The summed E-state index contributed by atoms with van der Waals surface area (Å²) in [4.78, 5) is 23.2. The number of rotatable bonds is 6. The van der Waals surface area contributed by atoms with Gasteiger partial charge >= 0.3 is 6.03 Å². The van der Waals surface area contributed by atoms with Crippen LogP contribution in [0.2, 0.25) is 0 Å². The van der Waals surface area contributed by atoms with E-state index in [1.165, 1.54) is 0 Å². The number of hydrogen-bond donors (Lipinski definition) is 3. The predicted octanol–water partition coefficient (Wildman–Crippen LogP) is 3.93. The molecule has 1 aromatic carbocycles. The number of aromatic nitrogens is 2. The number of hydrogen-bond acceptors (Lipinski definition) is 5. The molecule has 29 heavy (non-hydrogen) atoms. The molecule has 0 spiro atoms. The van der Waals surface area contributed by atoms with E-state index in [4.69, 9.17) is 0 Å². The number of carbonyl (C=O) groups is 1. The Kier molecular flexibility index (Phi) is 7.51.